The van der Waals surface area contributed by atoms with Crippen molar-refractivity contribution < 1.29 is 0 Å². The Balaban J connectivity index is 2.21. The first-order valence-electron chi connectivity index (χ1n) is 6.29. The fraction of sp³-hybridized carbons (Fsp3) is 0.571. The molecule has 3 heteroatoms. The number of halogens is 2. The van der Waals surface area contributed by atoms with E-state index in [4.69, 9.17) is 23.2 Å². The number of hydrogen-bond donors (Lipinski definition) is 0. The van der Waals surface area contributed by atoms with Crippen molar-refractivity contribution in [1.29, 1.82) is 0 Å². The lowest BCUT2D eigenvalue weighted by Crippen LogP contribution is -2.33. The summed E-state index contributed by atoms with van der Waals surface area (Å²) < 4.78 is 0. The molecule has 1 aromatic rings. The van der Waals surface area contributed by atoms with Gasteiger partial charge in [0.1, 0.15) is 0 Å². The zero-order valence-corrected chi connectivity index (χ0v) is 11.8. The summed E-state index contributed by atoms with van der Waals surface area (Å²) in [5, 5.41) is 0.788. The Hall–Kier alpha value is -0.400. The van der Waals surface area contributed by atoms with Gasteiger partial charge in [0.2, 0.25) is 0 Å². The van der Waals surface area contributed by atoms with E-state index in [0.717, 1.165) is 5.02 Å². The van der Waals surface area contributed by atoms with Gasteiger partial charge in [-0.05, 0) is 30.5 Å². The second-order valence-electron chi connectivity index (χ2n) is 4.81. The van der Waals surface area contributed by atoms with Gasteiger partial charge in [0.25, 0.3) is 0 Å². The summed E-state index contributed by atoms with van der Waals surface area (Å²) in [7, 11) is 2.16. The summed E-state index contributed by atoms with van der Waals surface area (Å²) in [6.45, 7) is 0. The molecule has 0 aromatic heterocycles. The van der Waals surface area contributed by atoms with Gasteiger partial charge in [0.15, 0.2) is 0 Å². The maximum atomic E-state index is 6.09. The highest BCUT2D eigenvalue weighted by atomic mass is 35.5. The number of alkyl halides is 1. The molecule has 0 radical (unpaired) electrons. The molecular formula is C14H19Cl2N. The van der Waals surface area contributed by atoms with E-state index in [1.807, 2.05) is 18.2 Å². The first-order valence-corrected chi connectivity index (χ1v) is 7.21. The quantitative estimate of drug-likeness (QED) is 0.711. The molecule has 0 saturated heterocycles. The Morgan fingerprint density at radius 2 is 1.94 bits per heavy atom. The molecule has 17 heavy (non-hydrogen) atoms. The molecule has 0 atom stereocenters. The summed E-state index contributed by atoms with van der Waals surface area (Å²) in [6.07, 6.45) is 6.62. The Morgan fingerprint density at radius 1 is 1.24 bits per heavy atom. The summed E-state index contributed by atoms with van der Waals surface area (Å²) in [5.74, 6) is 0.545. The van der Waals surface area contributed by atoms with Crippen molar-refractivity contribution in [3.05, 3.63) is 28.8 Å². The molecule has 1 aromatic carbocycles. The van der Waals surface area contributed by atoms with Crippen LogP contribution in [0.4, 0.5) is 5.69 Å². The van der Waals surface area contributed by atoms with Gasteiger partial charge < -0.3 is 4.90 Å². The third kappa shape index (κ3) is 3.08. The van der Waals surface area contributed by atoms with Crippen LogP contribution >= 0.6 is 23.2 Å². The first kappa shape index (κ1) is 13.0. The smallest absolute Gasteiger partial charge is 0.0494 e. The van der Waals surface area contributed by atoms with Crippen LogP contribution in [0.5, 0.6) is 0 Å². The third-order valence-corrected chi connectivity index (χ3v) is 4.22. The van der Waals surface area contributed by atoms with Crippen LogP contribution in [-0.2, 0) is 5.88 Å². The van der Waals surface area contributed by atoms with Crippen LogP contribution in [0.3, 0.4) is 0 Å². The Morgan fingerprint density at radius 3 is 2.59 bits per heavy atom. The normalized spacial score (nSPS) is 17.1. The fourth-order valence-electron chi connectivity index (χ4n) is 2.64. The minimum Gasteiger partial charge on any atom is -0.371 e. The molecule has 0 amide bonds. The SMILES string of the molecule is CN(c1cc(Cl)ccc1CCl)C1CCCCC1. The largest absolute Gasteiger partial charge is 0.371 e. The molecule has 2 rings (SSSR count). The van der Waals surface area contributed by atoms with Gasteiger partial charge in [-0.25, -0.2) is 0 Å². The van der Waals surface area contributed by atoms with Crippen molar-refractivity contribution in [1.82, 2.24) is 0 Å². The lowest BCUT2D eigenvalue weighted by molar-refractivity contribution is 0.427. The highest BCUT2D eigenvalue weighted by molar-refractivity contribution is 6.31. The molecule has 1 aliphatic carbocycles. The van der Waals surface area contributed by atoms with E-state index in [-0.39, 0.29) is 0 Å². The van der Waals surface area contributed by atoms with Gasteiger partial charge in [-0.3, -0.25) is 0 Å². The predicted octanol–water partition coefficient (Wildman–Crippen LogP) is 4.85. The average molecular weight is 272 g/mol. The molecule has 0 aliphatic heterocycles. The van der Waals surface area contributed by atoms with Crippen molar-refractivity contribution in [2.24, 2.45) is 0 Å². The van der Waals surface area contributed by atoms with E-state index in [2.05, 4.69) is 11.9 Å². The number of benzene rings is 1. The summed E-state index contributed by atoms with van der Waals surface area (Å²) in [6, 6.07) is 6.62. The van der Waals surface area contributed by atoms with Crippen LogP contribution in [0.15, 0.2) is 18.2 Å². The first-order chi connectivity index (χ1) is 8.22. The maximum Gasteiger partial charge on any atom is 0.0494 e. The molecule has 1 saturated carbocycles. The molecule has 0 spiro atoms. The molecule has 1 fully saturated rings. The number of rotatable bonds is 3. The van der Waals surface area contributed by atoms with Crippen molar-refractivity contribution >= 4 is 28.9 Å². The van der Waals surface area contributed by atoms with Crippen molar-refractivity contribution in [2.75, 3.05) is 11.9 Å². The van der Waals surface area contributed by atoms with Gasteiger partial charge in [-0.1, -0.05) is 36.9 Å². The molecule has 0 N–H and O–H groups in total. The summed E-state index contributed by atoms with van der Waals surface area (Å²) in [5.41, 5.74) is 2.36. The van der Waals surface area contributed by atoms with E-state index in [0.29, 0.717) is 11.9 Å². The molecular weight excluding hydrogens is 253 g/mol. The van der Waals surface area contributed by atoms with Gasteiger partial charge in [0.05, 0.1) is 0 Å². The molecule has 0 unspecified atom stereocenters. The Kier molecular flexibility index (Phi) is 4.58. The Labute approximate surface area is 114 Å². The van der Waals surface area contributed by atoms with Crippen LogP contribution in [0, 0.1) is 0 Å². The number of nitrogens with zero attached hydrogens (tertiary/aromatic N) is 1. The highest BCUT2D eigenvalue weighted by Gasteiger charge is 2.20. The second kappa shape index (κ2) is 5.97. The summed E-state index contributed by atoms with van der Waals surface area (Å²) in [4.78, 5) is 2.36. The monoisotopic (exact) mass is 271 g/mol. The van der Waals surface area contributed by atoms with Crippen molar-refractivity contribution in [3.63, 3.8) is 0 Å². The lowest BCUT2D eigenvalue weighted by atomic mass is 9.94. The standard InChI is InChI=1S/C14H19Cl2N/c1-17(13-5-3-2-4-6-13)14-9-12(16)8-7-11(14)10-15/h7-9,13H,2-6,10H2,1H3. The van der Waals surface area contributed by atoms with Gasteiger partial charge in [-0.15, -0.1) is 11.6 Å². The van der Waals surface area contributed by atoms with Crippen LogP contribution in [0.2, 0.25) is 5.02 Å². The molecule has 0 heterocycles. The lowest BCUT2D eigenvalue weighted by Gasteiger charge is -2.34. The number of hydrogen-bond acceptors (Lipinski definition) is 1. The van der Waals surface area contributed by atoms with E-state index in [9.17, 15) is 0 Å². The van der Waals surface area contributed by atoms with Gasteiger partial charge in [0, 0.05) is 29.7 Å². The second-order valence-corrected chi connectivity index (χ2v) is 5.51. The minimum atomic E-state index is 0.545. The zero-order valence-electron chi connectivity index (χ0n) is 10.3. The fourth-order valence-corrected chi connectivity index (χ4v) is 3.04. The molecule has 0 bridgehead atoms. The van der Waals surface area contributed by atoms with E-state index >= 15 is 0 Å². The topological polar surface area (TPSA) is 3.24 Å². The predicted molar refractivity (Wildman–Crippen MR) is 76.3 cm³/mol. The van der Waals surface area contributed by atoms with Gasteiger partial charge >= 0.3 is 0 Å². The van der Waals surface area contributed by atoms with E-state index in [1.165, 1.54) is 43.4 Å². The maximum absolute atomic E-state index is 6.09. The number of anilines is 1. The van der Waals surface area contributed by atoms with Crippen molar-refractivity contribution in [2.45, 2.75) is 44.0 Å². The van der Waals surface area contributed by atoms with E-state index < -0.39 is 0 Å². The zero-order chi connectivity index (χ0) is 12.3. The van der Waals surface area contributed by atoms with Gasteiger partial charge in [-0.2, -0.15) is 0 Å². The van der Waals surface area contributed by atoms with E-state index in [1.54, 1.807) is 0 Å². The van der Waals surface area contributed by atoms with Crippen LogP contribution in [-0.4, -0.2) is 13.1 Å². The Bertz CT molecular complexity index is 372. The minimum absolute atomic E-state index is 0.545. The highest BCUT2D eigenvalue weighted by Crippen LogP contribution is 2.31. The van der Waals surface area contributed by atoms with Crippen molar-refractivity contribution in [3.8, 4) is 0 Å². The third-order valence-electron chi connectivity index (χ3n) is 3.69. The average Bonchev–Trinajstić information content (AvgIpc) is 2.39. The molecule has 94 valence electrons. The van der Waals surface area contributed by atoms with Crippen LogP contribution < -0.4 is 4.90 Å². The van der Waals surface area contributed by atoms with Crippen LogP contribution in [0.1, 0.15) is 37.7 Å². The summed E-state index contributed by atoms with van der Waals surface area (Å²) >= 11 is 12.1. The van der Waals surface area contributed by atoms with Crippen LogP contribution in [0.25, 0.3) is 0 Å². The molecule has 1 aliphatic rings. The molecule has 1 nitrogen and oxygen atoms in total.